The molecule has 1 fully saturated rings. The zero-order valence-corrected chi connectivity index (χ0v) is 13.4. The van der Waals surface area contributed by atoms with Crippen LogP contribution in [0.25, 0.3) is 0 Å². The Kier molecular flexibility index (Phi) is 6.68. The molecule has 0 amide bonds. The maximum absolute atomic E-state index is 6.23. The van der Waals surface area contributed by atoms with Crippen molar-refractivity contribution in [3.63, 3.8) is 0 Å². The van der Waals surface area contributed by atoms with Gasteiger partial charge in [0.25, 0.3) is 0 Å². The normalized spacial score (nSPS) is 19.3. The maximum Gasteiger partial charge on any atom is 0.0878 e. The van der Waals surface area contributed by atoms with Gasteiger partial charge in [-0.2, -0.15) is 0 Å². The van der Waals surface area contributed by atoms with Crippen molar-refractivity contribution < 1.29 is 9.47 Å². The van der Waals surface area contributed by atoms with E-state index in [0.29, 0.717) is 6.04 Å². The topological polar surface area (TPSA) is 30.5 Å². The van der Waals surface area contributed by atoms with Crippen LogP contribution in [0, 0.1) is 0 Å². The molecule has 1 unspecified atom stereocenters. The summed E-state index contributed by atoms with van der Waals surface area (Å²) in [6, 6.07) is 11.1. The summed E-state index contributed by atoms with van der Waals surface area (Å²) >= 11 is 0. The van der Waals surface area contributed by atoms with E-state index >= 15 is 0 Å². The number of hydrogen-bond acceptors (Lipinski definition) is 3. The average Bonchev–Trinajstić information content (AvgIpc) is 2.53. The van der Waals surface area contributed by atoms with E-state index in [2.05, 4.69) is 49.5 Å². The van der Waals surface area contributed by atoms with Crippen LogP contribution >= 0.6 is 0 Å². The highest BCUT2D eigenvalue weighted by molar-refractivity contribution is 5.15. The van der Waals surface area contributed by atoms with Gasteiger partial charge in [0.15, 0.2) is 0 Å². The second-order valence-electron chi connectivity index (χ2n) is 5.74. The van der Waals surface area contributed by atoms with Gasteiger partial charge in [-0.1, -0.05) is 37.3 Å². The molecule has 118 valence electrons. The second-order valence-corrected chi connectivity index (χ2v) is 5.74. The molecule has 1 heterocycles. The quantitative estimate of drug-likeness (QED) is 0.798. The van der Waals surface area contributed by atoms with Crippen LogP contribution in [-0.4, -0.2) is 38.0 Å². The van der Waals surface area contributed by atoms with E-state index in [1.165, 1.54) is 5.56 Å². The summed E-state index contributed by atoms with van der Waals surface area (Å²) < 4.78 is 11.8. The summed E-state index contributed by atoms with van der Waals surface area (Å²) in [6.45, 7) is 7.65. The van der Waals surface area contributed by atoms with Gasteiger partial charge in [0.2, 0.25) is 0 Å². The zero-order chi connectivity index (χ0) is 15.0. The molecule has 0 radical (unpaired) electrons. The summed E-state index contributed by atoms with van der Waals surface area (Å²) in [6.07, 6.45) is 4.19. The number of ether oxygens (including phenoxy) is 2. The smallest absolute Gasteiger partial charge is 0.0878 e. The molecule has 1 atom stereocenters. The lowest BCUT2D eigenvalue weighted by molar-refractivity contribution is -0.127. The summed E-state index contributed by atoms with van der Waals surface area (Å²) in [5.41, 5.74) is 1.34. The molecule has 1 saturated heterocycles. The highest BCUT2D eigenvalue weighted by atomic mass is 16.5. The minimum Gasteiger partial charge on any atom is -0.381 e. The van der Waals surface area contributed by atoms with Gasteiger partial charge >= 0.3 is 0 Å². The Labute approximate surface area is 129 Å². The van der Waals surface area contributed by atoms with E-state index < -0.39 is 0 Å². The molecule has 0 bridgehead atoms. The van der Waals surface area contributed by atoms with Crippen LogP contribution in [0.15, 0.2) is 30.3 Å². The first-order chi connectivity index (χ1) is 10.3. The minimum atomic E-state index is -0.0577. The van der Waals surface area contributed by atoms with Gasteiger partial charge in [0.05, 0.1) is 5.60 Å². The van der Waals surface area contributed by atoms with Gasteiger partial charge in [0, 0.05) is 38.7 Å². The number of aryl methyl sites for hydroxylation is 1. The summed E-state index contributed by atoms with van der Waals surface area (Å²) in [7, 11) is 0. The third-order valence-electron chi connectivity index (χ3n) is 4.42. The van der Waals surface area contributed by atoms with E-state index in [1.807, 2.05) is 0 Å². The standard InChI is InChI=1S/C18H29NO2/c1-3-19-17(11-10-16-8-6-5-7-9-16)18(21-4-2)12-14-20-15-13-18/h5-9,17,19H,3-4,10-15H2,1-2H3. The summed E-state index contributed by atoms with van der Waals surface area (Å²) in [4.78, 5) is 0. The van der Waals surface area contributed by atoms with Crippen molar-refractivity contribution in [1.29, 1.82) is 0 Å². The molecule has 1 aromatic rings. The Morgan fingerprint density at radius 1 is 1.19 bits per heavy atom. The van der Waals surface area contributed by atoms with E-state index in [0.717, 1.165) is 52.0 Å². The van der Waals surface area contributed by atoms with Gasteiger partial charge in [-0.15, -0.1) is 0 Å². The first kappa shape index (κ1) is 16.5. The third kappa shape index (κ3) is 4.53. The van der Waals surface area contributed by atoms with Gasteiger partial charge in [-0.25, -0.2) is 0 Å². The van der Waals surface area contributed by atoms with Crippen LogP contribution in [0.3, 0.4) is 0 Å². The van der Waals surface area contributed by atoms with Crippen LogP contribution in [0.5, 0.6) is 0 Å². The number of likely N-dealkylation sites (N-methyl/N-ethyl adjacent to an activating group) is 1. The lowest BCUT2D eigenvalue weighted by Crippen LogP contribution is -2.55. The van der Waals surface area contributed by atoms with Crippen LogP contribution in [0.1, 0.15) is 38.7 Å². The number of rotatable bonds is 8. The molecule has 21 heavy (non-hydrogen) atoms. The lowest BCUT2D eigenvalue weighted by atomic mass is 9.82. The van der Waals surface area contributed by atoms with Crippen LogP contribution in [0.2, 0.25) is 0 Å². The molecule has 1 aromatic carbocycles. The highest BCUT2D eigenvalue weighted by Crippen LogP contribution is 2.31. The number of hydrogen-bond donors (Lipinski definition) is 1. The van der Waals surface area contributed by atoms with Gasteiger partial charge in [-0.05, 0) is 31.9 Å². The van der Waals surface area contributed by atoms with Crippen molar-refractivity contribution in [3.8, 4) is 0 Å². The molecule has 0 saturated carbocycles. The summed E-state index contributed by atoms with van der Waals surface area (Å²) in [5.74, 6) is 0. The Morgan fingerprint density at radius 3 is 2.52 bits per heavy atom. The van der Waals surface area contributed by atoms with Crippen molar-refractivity contribution in [2.24, 2.45) is 0 Å². The van der Waals surface area contributed by atoms with Crippen molar-refractivity contribution in [2.45, 2.75) is 51.2 Å². The Bertz CT molecular complexity index is 382. The van der Waals surface area contributed by atoms with E-state index in [-0.39, 0.29) is 5.60 Å². The molecule has 3 heteroatoms. The molecule has 1 aliphatic rings. The Morgan fingerprint density at radius 2 is 1.90 bits per heavy atom. The van der Waals surface area contributed by atoms with Crippen LogP contribution in [0.4, 0.5) is 0 Å². The van der Waals surface area contributed by atoms with Crippen LogP contribution < -0.4 is 5.32 Å². The van der Waals surface area contributed by atoms with Crippen molar-refractivity contribution in [2.75, 3.05) is 26.4 Å². The number of benzene rings is 1. The fourth-order valence-electron chi connectivity index (χ4n) is 3.35. The second kappa shape index (κ2) is 8.52. The van der Waals surface area contributed by atoms with E-state index in [1.54, 1.807) is 0 Å². The highest BCUT2D eigenvalue weighted by Gasteiger charge is 2.40. The fourth-order valence-corrected chi connectivity index (χ4v) is 3.35. The lowest BCUT2D eigenvalue weighted by Gasteiger charge is -2.43. The van der Waals surface area contributed by atoms with Crippen molar-refractivity contribution in [1.82, 2.24) is 5.32 Å². The largest absolute Gasteiger partial charge is 0.381 e. The Hall–Kier alpha value is -0.900. The predicted octanol–water partition coefficient (Wildman–Crippen LogP) is 3.18. The molecule has 0 aliphatic carbocycles. The first-order valence-electron chi connectivity index (χ1n) is 8.29. The SMILES string of the molecule is CCNC(CCc1ccccc1)C1(OCC)CCOCC1. The molecule has 3 nitrogen and oxygen atoms in total. The zero-order valence-electron chi connectivity index (χ0n) is 13.4. The predicted molar refractivity (Wildman–Crippen MR) is 86.6 cm³/mol. The molecular weight excluding hydrogens is 262 g/mol. The van der Waals surface area contributed by atoms with Crippen molar-refractivity contribution in [3.05, 3.63) is 35.9 Å². The fraction of sp³-hybridized carbons (Fsp3) is 0.667. The molecule has 2 rings (SSSR count). The van der Waals surface area contributed by atoms with Crippen LogP contribution in [-0.2, 0) is 15.9 Å². The maximum atomic E-state index is 6.23. The molecule has 1 aliphatic heterocycles. The Balaban J connectivity index is 2.04. The summed E-state index contributed by atoms with van der Waals surface area (Å²) in [5, 5.41) is 3.67. The first-order valence-corrected chi connectivity index (χ1v) is 8.29. The third-order valence-corrected chi connectivity index (χ3v) is 4.42. The molecule has 1 N–H and O–H groups in total. The minimum absolute atomic E-state index is 0.0577. The average molecular weight is 291 g/mol. The molecule has 0 aromatic heterocycles. The van der Waals surface area contributed by atoms with Crippen molar-refractivity contribution >= 4 is 0 Å². The molecule has 0 spiro atoms. The van der Waals surface area contributed by atoms with E-state index in [9.17, 15) is 0 Å². The van der Waals surface area contributed by atoms with Gasteiger partial charge in [-0.3, -0.25) is 0 Å². The molecular formula is C18H29NO2. The number of nitrogens with one attached hydrogen (secondary N) is 1. The monoisotopic (exact) mass is 291 g/mol. The van der Waals surface area contributed by atoms with E-state index in [4.69, 9.17) is 9.47 Å². The van der Waals surface area contributed by atoms with Gasteiger partial charge < -0.3 is 14.8 Å². The van der Waals surface area contributed by atoms with Gasteiger partial charge in [0.1, 0.15) is 0 Å².